The summed E-state index contributed by atoms with van der Waals surface area (Å²) in [6, 6.07) is 9.13. The molecule has 4 rings (SSSR count). The number of nitrogens with zero attached hydrogens (tertiary/aromatic N) is 4. The number of morpholine rings is 1. The van der Waals surface area contributed by atoms with Crippen LogP contribution in [-0.2, 0) is 11.3 Å². The molecule has 1 aromatic heterocycles. The van der Waals surface area contributed by atoms with Crippen molar-refractivity contribution >= 4 is 39.8 Å². The number of halogens is 1. The van der Waals surface area contributed by atoms with Crippen LogP contribution in [0.3, 0.4) is 0 Å². The van der Waals surface area contributed by atoms with Crippen molar-refractivity contribution in [3.63, 3.8) is 0 Å². The summed E-state index contributed by atoms with van der Waals surface area (Å²) in [5.74, 6) is -0.0687. The van der Waals surface area contributed by atoms with Crippen molar-refractivity contribution in [2.24, 2.45) is 0 Å². The topological polar surface area (TPSA) is 122 Å². The van der Waals surface area contributed by atoms with E-state index < -0.39 is 4.92 Å². The van der Waals surface area contributed by atoms with E-state index in [1.165, 1.54) is 17.0 Å². The van der Waals surface area contributed by atoms with Gasteiger partial charge in [0.15, 0.2) is 0 Å². The van der Waals surface area contributed by atoms with Crippen LogP contribution >= 0.6 is 11.6 Å². The van der Waals surface area contributed by atoms with Gasteiger partial charge in [0.1, 0.15) is 5.82 Å². The van der Waals surface area contributed by atoms with Gasteiger partial charge in [-0.3, -0.25) is 19.7 Å². The summed E-state index contributed by atoms with van der Waals surface area (Å²) in [5.41, 5.74) is 0.788. The molecule has 0 saturated carbocycles. The number of rotatable bonds is 7. The van der Waals surface area contributed by atoms with Gasteiger partial charge in [0.05, 0.1) is 46.8 Å². The number of carbonyl (C=O) groups is 1. The number of fused-ring (bicyclic) bond motifs is 1. The fourth-order valence-corrected chi connectivity index (χ4v) is 4.16. The van der Waals surface area contributed by atoms with Gasteiger partial charge in [-0.15, -0.1) is 0 Å². The first-order valence-electron chi connectivity index (χ1n) is 11.0. The summed E-state index contributed by atoms with van der Waals surface area (Å²) in [5, 5.41) is 12.3. The van der Waals surface area contributed by atoms with E-state index >= 15 is 0 Å². The zero-order valence-corrected chi connectivity index (χ0v) is 19.4. The number of aromatic nitrogens is 2. The molecule has 1 saturated heterocycles. The summed E-state index contributed by atoms with van der Waals surface area (Å²) in [7, 11) is 0. The van der Waals surface area contributed by atoms with E-state index in [2.05, 4.69) is 9.97 Å². The van der Waals surface area contributed by atoms with Crippen LogP contribution in [0.5, 0.6) is 0 Å². The van der Waals surface area contributed by atoms with E-state index in [1.807, 2.05) is 11.8 Å². The number of anilines is 1. The van der Waals surface area contributed by atoms with Gasteiger partial charge in [-0.05, 0) is 30.7 Å². The van der Waals surface area contributed by atoms with E-state index in [0.717, 1.165) is 0 Å². The number of aromatic amines is 1. The van der Waals surface area contributed by atoms with Crippen molar-refractivity contribution in [2.45, 2.75) is 19.9 Å². The number of benzene rings is 2. The number of nitrogens with one attached hydrogen (secondary N) is 1. The van der Waals surface area contributed by atoms with Crippen LogP contribution in [0.4, 0.5) is 11.4 Å². The van der Waals surface area contributed by atoms with Crippen molar-refractivity contribution in [3.05, 3.63) is 73.3 Å². The second-order valence-corrected chi connectivity index (χ2v) is 8.40. The molecule has 1 aliphatic rings. The number of hydrogen-bond acceptors (Lipinski definition) is 7. The lowest BCUT2D eigenvalue weighted by atomic mass is 10.1. The maximum atomic E-state index is 13.7. The van der Waals surface area contributed by atoms with Gasteiger partial charge in [-0.25, -0.2) is 4.98 Å². The standard InChI is InChI=1S/C23H24ClN5O5/c1-2-7-28(14-21-25-19-12-15(24)3-5-17(19)22(30)26-21)23(31)18-13-16(29(32)33)4-6-20(18)27-8-10-34-11-9-27/h3-6,12-13H,2,7-11,14H2,1H3,(H,25,26,30). The van der Waals surface area contributed by atoms with Crippen molar-refractivity contribution < 1.29 is 14.5 Å². The average Bonchev–Trinajstić information content (AvgIpc) is 2.83. The highest BCUT2D eigenvalue weighted by molar-refractivity contribution is 6.31. The van der Waals surface area contributed by atoms with Gasteiger partial charge < -0.3 is 19.5 Å². The Morgan fingerprint density at radius 1 is 1.26 bits per heavy atom. The summed E-state index contributed by atoms with van der Waals surface area (Å²) in [6.07, 6.45) is 0.650. The van der Waals surface area contributed by atoms with Crippen LogP contribution in [0.25, 0.3) is 10.9 Å². The highest BCUT2D eigenvalue weighted by atomic mass is 35.5. The molecule has 1 fully saturated rings. The van der Waals surface area contributed by atoms with Gasteiger partial charge in [0, 0.05) is 36.8 Å². The van der Waals surface area contributed by atoms with Gasteiger partial charge in [0.25, 0.3) is 17.2 Å². The second-order valence-electron chi connectivity index (χ2n) is 7.96. The lowest BCUT2D eigenvalue weighted by molar-refractivity contribution is -0.384. The fourth-order valence-electron chi connectivity index (χ4n) is 4.00. The average molecular weight is 486 g/mol. The third-order valence-electron chi connectivity index (χ3n) is 5.61. The van der Waals surface area contributed by atoms with Crippen LogP contribution in [0.2, 0.25) is 5.02 Å². The third kappa shape index (κ3) is 5.02. The fraction of sp³-hybridized carbons (Fsp3) is 0.348. The molecule has 11 heteroatoms. The normalized spacial score (nSPS) is 13.8. The molecule has 0 spiro atoms. The molecule has 0 atom stereocenters. The first-order valence-corrected chi connectivity index (χ1v) is 11.3. The number of carbonyl (C=O) groups excluding carboxylic acids is 1. The van der Waals surface area contributed by atoms with E-state index in [4.69, 9.17) is 16.3 Å². The monoisotopic (exact) mass is 485 g/mol. The largest absolute Gasteiger partial charge is 0.378 e. The van der Waals surface area contributed by atoms with Crippen LogP contribution in [-0.4, -0.2) is 58.5 Å². The molecule has 0 unspecified atom stereocenters. The molecule has 2 heterocycles. The van der Waals surface area contributed by atoms with Crippen LogP contribution in [0, 0.1) is 10.1 Å². The predicted molar refractivity (Wildman–Crippen MR) is 129 cm³/mol. The highest BCUT2D eigenvalue weighted by Gasteiger charge is 2.26. The molecule has 0 radical (unpaired) electrons. The number of H-pyrrole nitrogens is 1. The molecule has 1 amide bonds. The number of nitro groups is 1. The van der Waals surface area contributed by atoms with Gasteiger partial charge in [-0.2, -0.15) is 0 Å². The maximum absolute atomic E-state index is 13.7. The van der Waals surface area contributed by atoms with Crippen molar-refractivity contribution in [2.75, 3.05) is 37.7 Å². The molecule has 3 aromatic rings. The molecule has 1 N–H and O–H groups in total. The minimum Gasteiger partial charge on any atom is -0.378 e. The Hall–Kier alpha value is -3.50. The van der Waals surface area contributed by atoms with E-state index in [9.17, 15) is 19.7 Å². The van der Waals surface area contributed by atoms with Crippen molar-refractivity contribution in [3.8, 4) is 0 Å². The molecule has 0 bridgehead atoms. The van der Waals surface area contributed by atoms with Gasteiger partial charge in [0.2, 0.25) is 0 Å². The number of nitro benzene ring substituents is 1. The zero-order chi connectivity index (χ0) is 24.2. The highest BCUT2D eigenvalue weighted by Crippen LogP contribution is 2.28. The van der Waals surface area contributed by atoms with Crippen LogP contribution in [0.15, 0.2) is 41.2 Å². The molecule has 34 heavy (non-hydrogen) atoms. The number of non-ortho nitro benzene ring substituents is 1. The molecular formula is C23H24ClN5O5. The van der Waals surface area contributed by atoms with E-state index in [1.54, 1.807) is 24.3 Å². The number of ether oxygens (including phenoxy) is 1. The van der Waals surface area contributed by atoms with Crippen LogP contribution < -0.4 is 10.5 Å². The van der Waals surface area contributed by atoms with E-state index in [-0.39, 0.29) is 29.3 Å². The third-order valence-corrected chi connectivity index (χ3v) is 5.85. The summed E-state index contributed by atoms with van der Waals surface area (Å²) in [4.78, 5) is 47.9. The first-order chi connectivity index (χ1) is 16.4. The van der Waals surface area contributed by atoms with Crippen LogP contribution in [0.1, 0.15) is 29.5 Å². The minimum atomic E-state index is -0.518. The lowest BCUT2D eigenvalue weighted by Crippen LogP contribution is -2.39. The smallest absolute Gasteiger partial charge is 0.270 e. The molecule has 0 aliphatic carbocycles. The maximum Gasteiger partial charge on any atom is 0.270 e. The summed E-state index contributed by atoms with van der Waals surface area (Å²) >= 11 is 6.06. The Bertz CT molecular complexity index is 1290. The lowest BCUT2D eigenvalue weighted by Gasteiger charge is -2.31. The Morgan fingerprint density at radius 2 is 2.03 bits per heavy atom. The molecule has 1 aliphatic heterocycles. The Morgan fingerprint density at radius 3 is 2.74 bits per heavy atom. The van der Waals surface area contributed by atoms with E-state index in [0.29, 0.717) is 66.7 Å². The molecular weight excluding hydrogens is 462 g/mol. The predicted octanol–water partition coefficient (Wildman–Crippen LogP) is 3.37. The number of amides is 1. The molecule has 178 valence electrons. The van der Waals surface area contributed by atoms with Gasteiger partial charge in [-0.1, -0.05) is 18.5 Å². The second kappa shape index (κ2) is 10.2. The zero-order valence-electron chi connectivity index (χ0n) is 18.6. The summed E-state index contributed by atoms with van der Waals surface area (Å²) in [6.45, 7) is 4.50. The Labute approximate surface area is 200 Å². The Balaban J connectivity index is 1.71. The Kier molecular flexibility index (Phi) is 7.09. The first kappa shape index (κ1) is 23.7. The molecule has 2 aromatic carbocycles. The van der Waals surface area contributed by atoms with Crippen molar-refractivity contribution in [1.82, 2.24) is 14.9 Å². The van der Waals surface area contributed by atoms with Crippen molar-refractivity contribution in [1.29, 1.82) is 0 Å². The quantitative estimate of drug-likeness (QED) is 0.402. The SMILES string of the molecule is CCCN(Cc1nc2cc(Cl)ccc2c(=O)[nH]1)C(=O)c1cc([N+](=O)[O-])ccc1N1CCOCC1. The number of hydrogen-bond donors (Lipinski definition) is 1. The van der Waals surface area contributed by atoms with Gasteiger partial charge >= 0.3 is 0 Å². The minimum absolute atomic E-state index is 0.0373. The molecule has 10 nitrogen and oxygen atoms in total. The summed E-state index contributed by atoms with van der Waals surface area (Å²) < 4.78 is 5.41.